The van der Waals surface area contributed by atoms with E-state index in [1.165, 1.54) is 11.1 Å². The Morgan fingerprint density at radius 1 is 1.00 bits per heavy atom. The van der Waals surface area contributed by atoms with Crippen LogP contribution in [0.1, 0.15) is 40.7 Å². The minimum Gasteiger partial charge on any atom is -0.368 e. The predicted octanol–water partition coefficient (Wildman–Crippen LogP) is 3.66. The van der Waals surface area contributed by atoms with Gasteiger partial charge in [-0.05, 0) is 68.9 Å². The van der Waals surface area contributed by atoms with Crippen molar-refractivity contribution in [1.82, 2.24) is 14.9 Å². The summed E-state index contributed by atoms with van der Waals surface area (Å²) in [5.74, 6) is 0.962. The van der Waals surface area contributed by atoms with Gasteiger partial charge in [-0.25, -0.2) is 8.42 Å². The monoisotopic (exact) mass is 490 g/mol. The van der Waals surface area contributed by atoms with Gasteiger partial charge in [0.15, 0.2) is 0 Å². The molecular formula is C25H35ClN4O2S. The smallest absolute Gasteiger partial charge is 0.243 e. The minimum atomic E-state index is -3.52. The highest BCUT2D eigenvalue weighted by molar-refractivity contribution is 7.89. The molecule has 0 saturated carbocycles. The number of hydrogen-bond acceptors (Lipinski definition) is 5. The third-order valence-corrected chi connectivity index (χ3v) is 8.90. The van der Waals surface area contributed by atoms with Gasteiger partial charge in [-0.3, -0.25) is 4.99 Å². The number of benzene rings is 2. The molecule has 2 aliphatic heterocycles. The Hall–Kier alpha value is -1.93. The number of piperidine rings is 1. The summed E-state index contributed by atoms with van der Waals surface area (Å²) < 4.78 is 28.5. The summed E-state index contributed by atoms with van der Waals surface area (Å²) in [6.45, 7) is 11.2. The number of aliphatic imine (C=N–C) groups is 1. The number of amidine groups is 1. The van der Waals surface area contributed by atoms with Crippen molar-refractivity contribution < 1.29 is 8.42 Å². The van der Waals surface area contributed by atoms with Gasteiger partial charge in [-0.2, -0.15) is 4.31 Å². The Labute approximate surface area is 204 Å². The summed E-state index contributed by atoms with van der Waals surface area (Å²) in [5.41, 5.74) is 5.11. The molecule has 1 fully saturated rings. The van der Waals surface area contributed by atoms with Crippen molar-refractivity contribution >= 4 is 28.3 Å². The molecule has 0 atom stereocenters. The van der Waals surface area contributed by atoms with Crippen molar-refractivity contribution in [3.63, 3.8) is 0 Å². The number of halogens is 1. The molecule has 0 radical (unpaired) electrons. The quantitative estimate of drug-likeness (QED) is 0.686. The fourth-order valence-electron chi connectivity index (χ4n) is 4.69. The largest absolute Gasteiger partial charge is 0.368 e. The normalized spacial score (nSPS) is 18.5. The lowest BCUT2D eigenvalue weighted by molar-refractivity contribution is 0.241. The van der Waals surface area contributed by atoms with Gasteiger partial charge < -0.3 is 10.6 Å². The van der Waals surface area contributed by atoms with Gasteiger partial charge in [0.2, 0.25) is 10.0 Å². The molecule has 1 spiro atoms. The van der Waals surface area contributed by atoms with E-state index in [2.05, 4.69) is 41.8 Å². The van der Waals surface area contributed by atoms with Crippen LogP contribution in [0.2, 0.25) is 0 Å². The maximum absolute atomic E-state index is 13.4. The van der Waals surface area contributed by atoms with Gasteiger partial charge >= 0.3 is 0 Å². The Morgan fingerprint density at radius 3 is 2.30 bits per heavy atom. The van der Waals surface area contributed by atoms with Crippen LogP contribution < -0.4 is 10.6 Å². The molecule has 0 bridgehead atoms. The fourth-order valence-corrected chi connectivity index (χ4v) is 6.42. The van der Waals surface area contributed by atoms with Gasteiger partial charge in [0.25, 0.3) is 0 Å². The van der Waals surface area contributed by atoms with E-state index in [9.17, 15) is 8.42 Å². The number of rotatable bonds is 4. The lowest BCUT2D eigenvalue weighted by Gasteiger charge is -2.44. The Kier molecular flexibility index (Phi) is 7.89. The van der Waals surface area contributed by atoms with E-state index in [0.29, 0.717) is 37.4 Å². The SMILES string of the molecule is Cc1ccc(CNC2=NCCNC23CCN(S(=O)(=O)c2cc(C)c(C)cc2C)CC3)cc1.Cl. The summed E-state index contributed by atoms with van der Waals surface area (Å²) in [6.07, 6.45) is 1.41. The second-order valence-electron chi connectivity index (χ2n) is 9.18. The average molecular weight is 491 g/mol. The first kappa shape index (κ1) is 25.7. The lowest BCUT2D eigenvalue weighted by Crippen LogP contribution is -2.64. The number of nitrogens with one attached hydrogen (secondary N) is 2. The first-order valence-electron chi connectivity index (χ1n) is 11.4. The third-order valence-electron chi connectivity index (χ3n) is 6.86. The molecule has 0 unspecified atom stereocenters. The molecule has 2 aromatic rings. The number of hydrogen-bond donors (Lipinski definition) is 2. The van der Waals surface area contributed by atoms with Crippen LogP contribution >= 0.6 is 12.4 Å². The van der Waals surface area contributed by atoms with Gasteiger partial charge in [0, 0.05) is 26.2 Å². The zero-order chi connectivity index (χ0) is 22.9. The van der Waals surface area contributed by atoms with Gasteiger partial charge in [-0.1, -0.05) is 35.9 Å². The second-order valence-corrected chi connectivity index (χ2v) is 11.1. The van der Waals surface area contributed by atoms with E-state index in [1.54, 1.807) is 4.31 Å². The highest BCUT2D eigenvalue weighted by Crippen LogP contribution is 2.30. The number of sulfonamides is 1. The van der Waals surface area contributed by atoms with Gasteiger partial charge in [0.1, 0.15) is 5.84 Å². The van der Waals surface area contributed by atoms with Crippen LogP contribution in [0.15, 0.2) is 46.3 Å². The van der Waals surface area contributed by atoms with Crippen molar-refractivity contribution in [3.05, 3.63) is 64.2 Å². The zero-order valence-corrected chi connectivity index (χ0v) is 21.6. The summed E-state index contributed by atoms with van der Waals surface area (Å²) in [5, 5.41) is 7.20. The molecule has 0 aromatic heterocycles. The fraction of sp³-hybridized carbons (Fsp3) is 0.480. The molecule has 0 aliphatic carbocycles. The Morgan fingerprint density at radius 2 is 1.64 bits per heavy atom. The summed E-state index contributed by atoms with van der Waals surface area (Å²) in [7, 11) is -3.52. The molecule has 6 nitrogen and oxygen atoms in total. The topological polar surface area (TPSA) is 73.8 Å². The molecule has 2 aliphatic rings. The van der Waals surface area contributed by atoms with E-state index >= 15 is 0 Å². The highest BCUT2D eigenvalue weighted by Gasteiger charge is 2.43. The van der Waals surface area contributed by atoms with Crippen LogP contribution in [-0.2, 0) is 16.6 Å². The summed E-state index contributed by atoms with van der Waals surface area (Å²) in [6, 6.07) is 12.3. The van der Waals surface area contributed by atoms with Crippen molar-refractivity contribution in [1.29, 1.82) is 0 Å². The highest BCUT2D eigenvalue weighted by atomic mass is 35.5. The van der Waals surface area contributed by atoms with Crippen molar-refractivity contribution in [2.75, 3.05) is 26.2 Å². The van der Waals surface area contributed by atoms with E-state index in [4.69, 9.17) is 4.99 Å². The van der Waals surface area contributed by atoms with Crippen molar-refractivity contribution in [3.8, 4) is 0 Å². The van der Waals surface area contributed by atoms with Crippen LogP contribution in [-0.4, -0.2) is 50.3 Å². The van der Waals surface area contributed by atoms with Crippen LogP contribution in [0.5, 0.6) is 0 Å². The predicted molar refractivity (Wildman–Crippen MR) is 137 cm³/mol. The van der Waals surface area contributed by atoms with Crippen LogP contribution in [0.3, 0.4) is 0 Å². The van der Waals surface area contributed by atoms with Gasteiger partial charge in [0.05, 0.1) is 17.0 Å². The molecule has 33 heavy (non-hydrogen) atoms. The standard InChI is InChI=1S/C25H34N4O2S.ClH/c1-18-5-7-22(8-6-18)17-27-24-25(28-12-11-26-24)9-13-29(14-10-25)32(30,31)23-16-20(3)19(2)15-21(23)4;/h5-8,15-16,28H,9-14,17H2,1-4H3,(H,26,27);1H. The Bertz CT molecular complexity index is 1120. The molecule has 0 amide bonds. The van der Waals surface area contributed by atoms with E-state index in [1.807, 2.05) is 32.9 Å². The van der Waals surface area contributed by atoms with Gasteiger partial charge in [-0.15, -0.1) is 12.4 Å². The Balaban J connectivity index is 0.00000306. The average Bonchev–Trinajstić information content (AvgIpc) is 2.77. The van der Waals surface area contributed by atoms with E-state index in [0.717, 1.165) is 35.6 Å². The molecule has 8 heteroatoms. The van der Waals surface area contributed by atoms with Crippen LogP contribution in [0, 0.1) is 27.7 Å². The summed E-state index contributed by atoms with van der Waals surface area (Å²) >= 11 is 0. The van der Waals surface area contributed by atoms with Crippen LogP contribution in [0.25, 0.3) is 0 Å². The maximum atomic E-state index is 13.4. The molecular weight excluding hydrogens is 456 g/mol. The molecule has 2 N–H and O–H groups in total. The number of aryl methyl sites for hydroxylation is 4. The number of nitrogens with zero attached hydrogens (tertiary/aromatic N) is 2. The maximum Gasteiger partial charge on any atom is 0.243 e. The molecule has 2 heterocycles. The van der Waals surface area contributed by atoms with Crippen LogP contribution in [0.4, 0.5) is 0 Å². The van der Waals surface area contributed by atoms with E-state index < -0.39 is 10.0 Å². The molecule has 180 valence electrons. The first-order chi connectivity index (χ1) is 15.2. The lowest BCUT2D eigenvalue weighted by atomic mass is 9.85. The first-order valence-corrected chi connectivity index (χ1v) is 12.8. The van der Waals surface area contributed by atoms with Crippen molar-refractivity contribution in [2.45, 2.75) is 57.5 Å². The molecule has 2 aromatic carbocycles. The zero-order valence-electron chi connectivity index (χ0n) is 19.9. The minimum absolute atomic E-state index is 0. The molecule has 4 rings (SSSR count). The second kappa shape index (κ2) is 10.1. The van der Waals surface area contributed by atoms with E-state index in [-0.39, 0.29) is 17.9 Å². The third kappa shape index (κ3) is 5.27. The summed E-state index contributed by atoms with van der Waals surface area (Å²) in [4.78, 5) is 5.23. The molecule has 1 saturated heterocycles. The van der Waals surface area contributed by atoms with Crippen molar-refractivity contribution in [2.24, 2.45) is 4.99 Å².